The van der Waals surface area contributed by atoms with Crippen LogP contribution in [0.1, 0.15) is 22.9 Å². The molecule has 3 rings (SSSR count). The molecule has 0 amide bonds. The molecule has 0 aliphatic heterocycles. The monoisotopic (exact) mass is 281 g/mol. The van der Waals surface area contributed by atoms with Gasteiger partial charge in [0, 0.05) is 22.8 Å². The van der Waals surface area contributed by atoms with Crippen LogP contribution in [0.25, 0.3) is 10.9 Å². The van der Waals surface area contributed by atoms with Crippen LogP contribution < -0.4 is 5.32 Å². The maximum Gasteiger partial charge on any atom is 0.146 e. The van der Waals surface area contributed by atoms with Crippen molar-refractivity contribution in [3.63, 3.8) is 0 Å². The molecule has 3 aromatic rings. The first-order valence-electron chi connectivity index (χ1n) is 6.83. The van der Waals surface area contributed by atoms with Crippen LogP contribution in [0, 0.1) is 12.7 Å². The molecule has 0 bridgehead atoms. The molecule has 0 aliphatic rings. The zero-order valence-corrected chi connectivity index (χ0v) is 12.0. The largest absolute Gasteiger partial charge is 0.309 e. The summed E-state index contributed by atoms with van der Waals surface area (Å²) in [5, 5.41) is 4.21. The van der Waals surface area contributed by atoms with Crippen molar-refractivity contribution in [2.75, 3.05) is 7.05 Å². The first-order chi connectivity index (χ1) is 10.2. The number of fused-ring (bicyclic) bond motifs is 1. The lowest BCUT2D eigenvalue weighted by molar-refractivity contribution is 0.571. The van der Waals surface area contributed by atoms with Gasteiger partial charge in [0.05, 0.1) is 17.8 Å². The molecule has 1 atom stereocenters. The summed E-state index contributed by atoms with van der Waals surface area (Å²) in [5.41, 5.74) is 3.53. The van der Waals surface area contributed by atoms with Crippen molar-refractivity contribution in [1.29, 1.82) is 0 Å². The predicted octanol–water partition coefficient (Wildman–Crippen LogP) is 3.39. The minimum absolute atomic E-state index is 0.210. The van der Waals surface area contributed by atoms with E-state index in [4.69, 9.17) is 0 Å². The summed E-state index contributed by atoms with van der Waals surface area (Å²) in [6, 6.07) is 11.5. The Hall–Kier alpha value is -2.33. The number of hydrogen-bond acceptors (Lipinski definition) is 3. The van der Waals surface area contributed by atoms with Gasteiger partial charge in [-0.2, -0.15) is 0 Å². The smallest absolute Gasteiger partial charge is 0.146 e. The third-order valence-electron chi connectivity index (χ3n) is 3.59. The van der Waals surface area contributed by atoms with Gasteiger partial charge in [-0.25, -0.2) is 4.39 Å². The first kappa shape index (κ1) is 13.6. The Morgan fingerprint density at radius 3 is 2.76 bits per heavy atom. The van der Waals surface area contributed by atoms with Crippen LogP contribution >= 0.6 is 0 Å². The Morgan fingerprint density at radius 2 is 2.00 bits per heavy atom. The van der Waals surface area contributed by atoms with Crippen molar-refractivity contribution in [3.05, 3.63) is 71.4 Å². The predicted molar refractivity (Wildman–Crippen MR) is 81.6 cm³/mol. The van der Waals surface area contributed by atoms with Crippen LogP contribution in [-0.4, -0.2) is 17.0 Å². The van der Waals surface area contributed by atoms with E-state index in [1.54, 1.807) is 12.3 Å². The third kappa shape index (κ3) is 2.62. The van der Waals surface area contributed by atoms with Crippen molar-refractivity contribution < 1.29 is 4.39 Å². The van der Waals surface area contributed by atoms with Crippen molar-refractivity contribution in [2.24, 2.45) is 0 Å². The molecule has 21 heavy (non-hydrogen) atoms. The van der Waals surface area contributed by atoms with E-state index in [0.29, 0.717) is 5.56 Å². The molecule has 1 N–H and O–H groups in total. The Bertz CT molecular complexity index is 786. The van der Waals surface area contributed by atoms with Gasteiger partial charge in [-0.1, -0.05) is 12.1 Å². The molecule has 2 heterocycles. The number of nitrogens with zero attached hydrogens (tertiary/aromatic N) is 2. The number of pyridine rings is 2. The average molecular weight is 281 g/mol. The molecular formula is C17H16FN3. The van der Waals surface area contributed by atoms with Gasteiger partial charge in [-0.15, -0.1) is 0 Å². The quantitative estimate of drug-likeness (QED) is 0.799. The van der Waals surface area contributed by atoms with E-state index in [0.717, 1.165) is 22.2 Å². The second-order valence-electron chi connectivity index (χ2n) is 5.02. The van der Waals surface area contributed by atoms with E-state index < -0.39 is 0 Å². The molecule has 1 unspecified atom stereocenters. The summed E-state index contributed by atoms with van der Waals surface area (Å²) < 4.78 is 14.0. The van der Waals surface area contributed by atoms with E-state index >= 15 is 0 Å². The molecule has 2 aromatic heterocycles. The van der Waals surface area contributed by atoms with E-state index in [1.807, 2.05) is 44.3 Å². The summed E-state index contributed by atoms with van der Waals surface area (Å²) in [5.74, 6) is -0.307. The highest BCUT2D eigenvalue weighted by Crippen LogP contribution is 2.26. The van der Waals surface area contributed by atoms with Gasteiger partial charge < -0.3 is 5.32 Å². The first-order valence-corrected chi connectivity index (χ1v) is 6.83. The summed E-state index contributed by atoms with van der Waals surface area (Å²) in [4.78, 5) is 8.29. The average Bonchev–Trinajstić information content (AvgIpc) is 2.50. The van der Waals surface area contributed by atoms with Crippen LogP contribution in [0.15, 0.2) is 48.8 Å². The highest BCUT2D eigenvalue weighted by atomic mass is 19.1. The fourth-order valence-electron chi connectivity index (χ4n) is 2.55. The normalized spacial score (nSPS) is 12.5. The lowest BCUT2D eigenvalue weighted by Gasteiger charge is -2.18. The van der Waals surface area contributed by atoms with Gasteiger partial charge in [0.25, 0.3) is 0 Å². The number of aryl methyl sites for hydroxylation is 1. The van der Waals surface area contributed by atoms with Crippen LogP contribution in [-0.2, 0) is 0 Å². The standard InChI is InChI=1S/C17H16FN3/c1-11-3-4-12-9-13(5-6-16(12)21-11)17(19-2)14-7-8-20-10-15(14)18/h3-10,17,19H,1-2H3. The molecule has 0 saturated carbocycles. The lowest BCUT2D eigenvalue weighted by Crippen LogP contribution is -2.19. The van der Waals surface area contributed by atoms with Crippen LogP contribution in [0.2, 0.25) is 0 Å². The minimum atomic E-state index is -0.307. The maximum atomic E-state index is 14.0. The minimum Gasteiger partial charge on any atom is -0.309 e. The fourth-order valence-corrected chi connectivity index (χ4v) is 2.55. The molecule has 106 valence electrons. The summed E-state index contributed by atoms with van der Waals surface area (Å²) in [7, 11) is 1.82. The molecule has 0 fully saturated rings. The number of halogens is 1. The topological polar surface area (TPSA) is 37.8 Å². The highest BCUT2D eigenvalue weighted by Gasteiger charge is 2.16. The van der Waals surface area contributed by atoms with Gasteiger partial charge >= 0.3 is 0 Å². The number of aromatic nitrogens is 2. The SMILES string of the molecule is CNC(c1ccc2nc(C)ccc2c1)c1ccncc1F. The van der Waals surface area contributed by atoms with E-state index in [9.17, 15) is 4.39 Å². The maximum absolute atomic E-state index is 14.0. The lowest BCUT2D eigenvalue weighted by atomic mass is 9.98. The molecule has 4 heteroatoms. The Morgan fingerprint density at radius 1 is 1.14 bits per heavy atom. The molecule has 0 saturated heterocycles. The Labute approximate surface area is 122 Å². The molecule has 1 aromatic carbocycles. The number of nitrogens with one attached hydrogen (secondary N) is 1. The molecule has 0 spiro atoms. The van der Waals surface area contributed by atoms with Gasteiger partial charge in [-0.05, 0) is 43.8 Å². The molecular weight excluding hydrogens is 265 g/mol. The molecule has 0 radical (unpaired) electrons. The molecule has 3 nitrogen and oxygen atoms in total. The second kappa shape index (κ2) is 5.58. The van der Waals surface area contributed by atoms with E-state index in [-0.39, 0.29) is 11.9 Å². The van der Waals surface area contributed by atoms with Gasteiger partial charge in [0.2, 0.25) is 0 Å². The van der Waals surface area contributed by atoms with Crippen molar-refractivity contribution >= 4 is 10.9 Å². The van der Waals surface area contributed by atoms with Crippen molar-refractivity contribution in [1.82, 2.24) is 15.3 Å². The fraction of sp³-hybridized carbons (Fsp3) is 0.176. The van der Waals surface area contributed by atoms with E-state index in [2.05, 4.69) is 15.3 Å². The zero-order valence-electron chi connectivity index (χ0n) is 12.0. The zero-order chi connectivity index (χ0) is 14.8. The number of hydrogen-bond donors (Lipinski definition) is 1. The summed E-state index contributed by atoms with van der Waals surface area (Å²) in [6.07, 6.45) is 2.85. The third-order valence-corrected chi connectivity index (χ3v) is 3.59. The van der Waals surface area contributed by atoms with Crippen LogP contribution in [0.4, 0.5) is 4.39 Å². The summed E-state index contributed by atoms with van der Waals surface area (Å²) in [6.45, 7) is 1.97. The van der Waals surface area contributed by atoms with Gasteiger partial charge in [0.1, 0.15) is 5.82 Å². The van der Waals surface area contributed by atoms with Crippen molar-refractivity contribution in [3.8, 4) is 0 Å². The Balaban J connectivity index is 2.09. The van der Waals surface area contributed by atoms with Crippen LogP contribution in [0.5, 0.6) is 0 Å². The van der Waals surface area contributed by atoms with Gasteiger partial charge in [0.15, 0.2) is 0 Å². The summed E-state index contributed by atoms with van der Waals surface area (Å²) >= 11 is 0. The Kier molecular flexibility index (Phi) is 3.62. The number of rotatable bonds is 3. The second-order valence-corrected chi connectivity index (χ2v) is 5.02. The highest BCUT2D eigenvalue weighted by molar-refractivity contribution is 5.79. The van der Waals surface area contributed by atoms with Crippen LogP contribution in [0.3, 0.4) is 0 Å². The van der Waals surface area contributed by atoms with E-state index in [1.165, 1.54) is 6.20 Å². The molecule has 0 aliphatic carbocycles. The number of benzene rings is 1. The van der Waals surface area contributed by atoms with Gasteiger partial charge in [-0.3, -0.25) is 9.97 Å². The van der Waals surface area contributed by atoms with Crippen molar-refractivity contribution in [2.45, 2.75) is 13.0 Å².